The highest BCUT2D eigenvalue weighted by Crippen LogP contribution is 2.09. The molecular weight excluding hydrogens is 508 g/mol. The van der Waals surface area contributed by atoms with E-state index in [1.54, 1.807) is 12.1 Å². The van der Waals surface area contributed by atoms with Gasteiger partial charge in [0.1, 0.15) is 19.3 Å². The number of nitrogens with two attached hydrogens (primary N) is 1. The molecule has 3 aromatic rings. The molecule has 1 atom stereocenters. The Labute approximate surface area is 223 Å². The quantitative estimate of drug-likeness (QED) is 0.184. The second-order valence-electron chi connectivity index (χ2n) is 8.42. The van der Waals surface area contributed by atoms with E-state index in [2.05, 4.69) is 5.32 Å². The van der Waals surface area contributed by atoms with Crippen LogP contribution in [0, 0.1) is 6.92 Å². The van der Waals surface area contributed by atoms with E-state index in [0.29, 0.717) is 19.4 Å². The van der Waals surface area contributed by atoms with E-state index in [0.717, 1.165) is 23.1 Å². The van der Waals surface area contributed by atoms with Crippen LogP contribution >= 0.6 is 0 Å². The van der Waals surface area contributed by atoms with Crippen LogP contribution in [0.2, 0.25) is 0 Å². The van der Waals surface area contributed by atoms with Gasteiger partial charge in [-0.15, -0.1) is 0 Å². The standard InChI is InChI=1S/C21H26N2O4.C7H8O3S/c22-14-8-7-13-19(20(24)26-15-17-9-3-1-4-10-17)23-21(25)27-16-18-11-5-2-6-12-18;1-6-2-4-7(5-3-6)11(8,9)10/h1-6,9-12,19H,7-8,13-16,22H2,(H,23,25);2-5H,1H3,(H,8,9,10)/t19-;/m1./s1. The molecule has 3 aromatic carbocycles. The zero-order valence-corrected chi connectivity index (χ0v) is 22.1. The summed E-state index contributed by atoms with van der Waals surface area (Å²) >= 11 is 0. The third-order valence-corrected chi connectivity index (χ3v) is 6.15. The summed E-state index contributed by atoms with van der Waals surface area (Å²) in [5.41, 5.74) is 8.23. The van der Waals surface area contributed by atoms with E-state index in [1.807, 2.05) is 67.6 Å². The predicted molar refractivity (Wildman–Crippen MR) is 144 cm³/mol. The molecule has 1 amide bonds. The maximum absolute atomic E-state index is 12.4. The van der Waals surface area contributed by atoms with Crippen molar-refractivity contribution in [1.82, 2.24) is 5.32 Å². The van der Waals surface area contributed by atoms with Crippen molar-refractivity contribution in [2.45, 2.75) is 50.3 Å². The fraction of sp³-hybridized carbons (Fsp3) is 0.286. The smallest absolute Gasteiger partial charge is 0.408 e. The van der Waals surface area contributed by atoms with Gasteiger partial charge in [-0.2, -0.15) is 8.42 Å². The van der Waals surface area contributed by atoms with E-state index >= 15 is 0 Å². The molecule has 0 fully saturated rings. The summed E-state index contributed by atoms with van der Waals surface area (Å²) in [7, 11) is -4.02. The number of hydrogen-bond acceptors (Lipinski definition) is 7. The Kier molecular flexibility index (Phi) is 13.0. The Morgan fingerprint density at radius 2 is 1.37 bits per heavy atom. The van der Waals surface area contributed by atoms with Gasteiger partial charge in [-0.05, 0) is 56.0 Å². The first-order chi connectivity index (χ1) is 18.2. The van der Waals surface area contributed by atoms with Gasteiger partial charge in [0.05, 0.1) is 4.90 Å². The fourth-order valence-corrected chi connectivity index (χ4v) is 3.67. The summed E-state index contributed by atoms with van der Waals surface area (Å²) in [4.78, 5) is 24.4. The predicted octanol–water partition coefficient (Wildman–Crippen LogP) is 4.40. The number of hydrogen-bond donors (Lipinski definition) is 3. The molecule has 0 spiro atoms. The number of unbranched alkanes of at least 4 members (excludes halogenated alkanes) is 1. The third-order valence-electron chi connectivity index (χ3n) is 5.28. The van der Waals surface area contributed by atoms with Crippen molar-refractivity contribution >= 4 is 22.2 Å². The summed E-state index contributed by atoms with van der Waals surface area (Å²) in [6.07, 6.45) is 1.28. The van der Waals surface area contributed by atoms with Crippen molar-refractivity contribution in [2.24, 2.45) is 5.73 Å². The van der Waals surface area contributed by atoms with Crippen molar-refractivity contribution in [3.05, 3.63) is 102 Å². The minimum absolute atomic E-state index is 0.0666. The molecule has 0 heterocycles. The number of amides is 1. The first kappa shape index (κ1) is 30.5. The Hall–Kier alpha value is -3.73. The van der Waals surface area contributed by atoms with Crippen molar-refractivity contribution in [2.75, 3.05) is 6.54 Å². The number of carbonyl (C=O) groups is 2. The van der Waals surface area contributed by atoms with Crippen LogP contribution in [0.1, 0.15) is 36.0 Å². The first-order valence-electron chi connectivity index (χ1n) is 12.1. The lowest BCUT2D eigenvalue weighted by Gasteiger charge is -2.17. The van der Waals surface area contributed by atoms with E-state index in [1.165, 1.54) is 12.1 Å². The maximum atomic E-state index is 12.4. The highest BCUT2D eigenvalue weighted by molar-refractivity contribution is 7.85. The maximum Gasteiger partial charge on any atom is 0.408 e. The largest absolute Gasteiger partial charge is 0.459 e. The Morgan fingerprint density at radius 3 is 1.87 bits per heavy atom. The number of rotatable bonds is 11. The second kappa shape index (κ2) is 16.2. The molecular formula is C28H34N2O7S. The van der Waals surface area contributed by atoms with Crippen LogP contribution < -0.4 is 11.1 Å². The number of alkyl carbamates (subject to hydrolysis) is 1. The number of benzene rings is 3. The highest BCUT2D eigenvalue weighted by Gasteiger charge is 2.22. The van der Waals surface area contributed by atoms with Gasteiger partial charge in [-0.1, -0.05) is 78.4 Å². The van der Waals surface area contributed by atoms with Crippen LogP contribution in [0.4, 0.5) is 4.79 Å². The molecule has 0 saturated heterocycles. The van der Waals surface area contributed by atoms with E-state index in [9.17, 15) is 18.0 Å². The number of carbonyl (C=O) groups excluding carboxylic acids is 2. The average molecular weight is 543 g/mol. The number of nitrogens with one attached hydrogen (secondary N) is 1. The van der Waals surface area contributed by atoms with Crippen LogP contribution in [-0.4, -0.2) is 37.6 Å². The highest BCUT2D eigenvalue weighted by atomic mass is 32.2. The van der Waals surface area contributed by atoms with E-state index in [4.69, 9.17) is 19.8 Å². The number of aryl methyl sites for hydroxylation is 1. The van der Waals surface area contributed by atoms with Gasteiger partial charge < -0.3 is 20.5 Å². The lowest BCUT2D eigenvalue weighted by Crippen LogP contribution is -2.42. The zero-order chi connectivity index (χ0) is 27.8. The molecule has 0 aliphatic carbocycles. The molecule has 204 valence electrons. The lowest BCUT2D eigenvalue weighted by atomic mass is 10.1. The first-order valence-corrected chi connectivity index (χ1v) is 13.5. The molecule has 0 radical (unpaired) electrons. The molecule has 3 rings (SSSR count). The Morgan fingerprint density at radius 1 is 0.842 bits per heavy atom. The fourth-order valence-electron chi connectivity index (χ4n) is 3.19. The van der Waals surface area contributed by atoms with Crippen molar-refractivity contribution in [3.8, 4) is 0 Å². The van der Waals surface area contributed by atoms with Gasteiger partial charge >= 0.3 is 12.1 Å². The SMILES string of the molecule is Cc1ccc(S(=O)(=O)O)cc1.NCCCC[C@@H](NC(=O)OCc1ccccc1)C(=O)OCc1ccccc1. The van der Waals surface area contributed by atoms with Gasteiger partial charge in [-0.25, -0.2) is 9.59 Å². The molecule has 0 aliphatic heterocycles. The molecule has 0 unspecified atom stereocenters. The van der Waals surface area contributed by atoms with Gasteiger partial charge in [0, 0.05) is 0 Å². The van der Waals surface area contributed by atoms with Gasteiger partial charge in [-0.3, -0.25) is 4.55 Å². The van der Waals surface area contributed by atoms with Gasteiger partial charge in [0.25, 0.3) is 10.1 Å². The average Bonchev–Trinajstić information content (AvgIpc) is 2.91. The topological polar surface area (TPSA) is 145 Å². The monoisotopic (exact) mass is 542 g/mol. The molecule has 9 nitrogen and oxygen atoms in total. The lowest BCUT2D eigenvalue weighted by molar-refractivity contribution is -0.147. The third kappa shape index (κ3) is 12.0. The van der Waals surface area contributed by atoms with Crippen molar-refractivity contribution in [3.63, 3.8) is 0 Å². The molecule has 10 heteroatoms. The van der Waals surface area contributed by atoms with Crippen LogP contribution in [0.3, 0.4) is 0 Å². The van der Waals surface area contributed by atoms with Crippen LogP contribution in [0.5, 0.6) is 0 Å². The second-order valence-corrected chi connectivity index (χ2v) is 9.85. The molecule has 0 bridgehead atoms. The number of esters is 1. The molecule has 0 saturated carbocycles. The summed E-state index contributed by atoms with van der Waals surface area (Å²) in [6.45, 7) is 2.67. The van der Waals surface area contributed by atoms with Gasteiger partial charge in [0.15, 0.2) is 0 Å². The number of ether oxygens (including phenoxy) is 2. The summed E-state index contributed by atoms with van der Waals surface area (Å²) in [6, 6.07) is 24.0. The summed E-state index contributed by atoms with van der Waals surface area (Å²) < 4.78 is 40.1. The van der Waals surface area contributed by atoms with Crippen LogP contribution in [0.25, 0.3) is 0 Å². The van der Waals surface area contributed by atoms with E-state index < -0.39 is 28.2 Å². The molecule has 38 heavy (non-hydrogen) atoms. The van der Waals surface area contributed by atoms with Crippen LogP contribution in [0.15, 0.2) is 89.8 Å². The Bertz CT molecular complexity index is 1220. The van der Waals surface area contributed by atoms with E-state index in [-0.39, 0.29) is 18.1 Å². The normalized spacial score (nSPS) is 11.4. The minimum atomic E-state index is -4.02. The van der Waals surface area contributed by atoms with Crippen molar-refractivity contribution in [1.29, 1.82) is 0 Å². The Balaban J connectivity index is 0.000000384. The molecule has 0 aromatic heterocycles. The molecule has 0 aliphatic rings. The van der Waals surface area contributed by atoms with Crippen LogP contribution in [-0.2, 0) is 37.6 Å². The van der Waals surface area contributed by atoms with Gasteiger partial charge in [0.2, 0.25) is 0 Å². The summed E-state index contributed by atoms with van der Waals surface area (Å²) in [5.74, 6) is -0.479. The minimum Gasteiger partial charge on any atom is -0.459 e. The zero-order valence-electron chi connectivity index (χ0n) is 21.3. The summed E-state index contributed by atoms with van der Waals surface area (Å²) in [5, 5.41) is 2.61. The van der Waals surface area contributed by atoms with Crippen molar-refractivity contribution < 1.29 is 32.0 Å². The molecule has 4 N–H and O–H groups in total.